The quantitative estimate of drug-likeness (QED) is 0.316. The molecule has 2 aliphatic carbocycles. The molecule has 0 bridgehead atoms. The van der Waals surface area contributed by atoms with Crippen molar-refractivity contribution in [3.8, 4) is 17.1 Å². The van der Waals surface area contributed by atoms with E-state index in [0.29, 0.717) is 5.92 Å². The van der Waals surface area contributed by atoms with Crippen molar-refractivity contribution < 1.29 is 8.91 Å². The Labute approximate surface area is 194 Å². The SMILES string of the molecule is C[C@H]1c2oncc2C[C@@]2(C)c3nc(-c4cccc(Br)c4)n(-c4cccc(F)c4)c3CC[C@H]12. The summed E-state index contributed by atoms with van der Waals surface area (Å²) in [4.78, 5) is 5.28. The third-order valence-corrected chi connectivity index (χ3v) is 7.92. The predicted octanol–water partition coefficient (Wildman–Crippen LogP) is 6.61. The van der Waals surface area contributed by atoms with Crippen LogP contribution in [0.3, 0.4) is 0 Å². The van der Waals surface area contributed by atoms with Gasteiger partial charge in [-0.2, -0.15) is 0 Å². The summed E-state index contributed by atoms with van der Waals surface area (Å²) in [6, 6.07) is 15.0. The molecule has 0 N–H and O–H groups in total. The van der Waals surface area contributed by atoms with E-state index in [1.54, 1.807) is 12.1 Å². The third kappa shape index (κ3) is 2.85. The van der Waals surface area contributed by atoms with Gasteiger partial charge >= 0.3 is 0 Å². The largest absolute Gasteiger partial charge is 0.361 e. The normalized spacial score (nSPS) is 24.0. The molecule has 3 atom stereocenters. The highest BCUT2D eigenvalue weighted by molar-refractivity contribution is 9.10. The Morgan fingerprint density at radius 2 is 2.03 bits per heavy atom. The minimum atomic E-state index is -0.245. The minimum Gasteiger partial charge on any atom is -0.361 e. The van der Waals surface area contributed by atoms with E-state index < -0.39 is 0 Å². The van der Waals surface area contributed by atoms with Gasteiger partial charge in [-0.1, -0.05) is 53.1 Å². The van der Waals surface area contributed by atoms with Gasteiger partial charge in [-0.25, -0.2) is 9.37 Å². The molecule has 2 aromatic heterocycles. The second kappa shape index (κ2) is 7.14. The van der Waals surface area contributed by atoms with Gasteiger partial charge in [0.1, 0.15) is 17.4 Å². The fraction of sp³-hybridized carbons (Fsp3) is 0.308. The first kappa shape index (κ1) is 19.9. The first-order valence-electron chi connectivity index (χ1n) is 11.0. The first-order valence-corrected chi connectivity index (χ1v) is 11.8. The fourth-order valence-electron chi connectivity index (χ4n) is 6.01. The molecule has 0 unspecified atom stereocenters. The monoisotopic (exact) mass is 491 g/mol. The van der Waals surface area contributed by atoms with Crippen LogP contribution in [0.4, 0.5) is 4.39 Å². The zero-order chi connectivity index (χ0) is 22.0. The Bertz CT molecular complexity index is 1340. The van der Waals surface area contributed by atoms with Gasteiger partial charge in [0.2, 0.25) is 0 Å². The average molecular weight is 492 g/mol. The molecule has 0 aliphatic heterocycles. The summed E-state index contributed by atoms with van der Waals surface area (Å²) in [6.07, 6.45) is 4.64. The van der Waals surface area contributed by atoms with E-state index in [1.807, 2.05) is 24.4 Å². The summed E-state index contributed by atoms with van der Waals surface area (Å²) in [5.74, 6) is 2.33. The van der Waals surface area contributed by atoms with E-state index in [9.17, 15) is 4.39 Å². The summed E-state index contributed by atoms with van der Waals surface area (Å²) in [5.41, 5.74) is 5.15. The van der Waals surface area contributed by atoms with Crippen LogP contribution < -0.4 is 0 Å². The van der Waals surface area contributed by atoms with Crippen LogP contribution in [0.2, 0.25) is 0 Å². The van der Waals surface area contributed by atoms with Crippen molar-refractivity contribution in [1.29, 1.82) is 0 Å². The zero-order valence-electron chi connectivity index (χ0n) is 18.0. The first-order chi connectivity index (χ1) is 15.5. The third-order valence-electron chi connectivity index (χ3n) is 7.42. The molecule has 32 heavy (non-hydrogen) atoms. The summed E-state index contributed by atoms with van der Waals surface area (Å²) < 4.78 is 23.0. The van der Waals surface area contributed by atoms with E-state index in [-0.39, 0.29) is 17.2 Å². The van der Waals surface area contributed by atoms with Crippen LogP contribution in [0.15, 0.2) is 63.7 Å². The van der Waals surface area contributed by atoms with Crippen LogP contribution in [0, 0.1) is 11.7 Å². The van der Waals surface area contributed by atoms with Gasteiger partial charge in [-0.3, -0.25) is 4.57 Å². The fourth-order valence-corrected chi connectivity index (χ4v) is 6.41. The number of benzene rings is 2. The molecule has 0 amide bonds. The summed E-state index contributed by atoms with van der Waals surface area (Å²) in [5, 5.41) is 4.09. The number of halogens is 2. The van der Waals surface area contributed by atoms with Crippen molar-refractivity contribution in [2.45, 2.75) is 44.4 Å². The lowest BCUT2D eigenvalue weighted by Gasteiger charge is -2.46. The van der Waals surface area contributed by atoms with E-state index in [1.165, 1.54) is 17.3 Å². The highest BCUT2D eigenvalue weighted by Gasteiger charge is 2.51. The number of fused-ring (bicyclic) bond motifs is 4. The van der Waals surface area contributed by atoms with Crippen LogP contribution in [0.1, 0.15) is 48.9 Å². The van der Waals surface area contributed by atoms with Gasteiger partial charge < -0.3 is 4.52 Å². The summed E-state index contributed by atoms with van der Waals surface area (Å²) in [7, 11) is 0. The maximum absolute atomic E-state index is 14.3. The van der Waals surface area contributed by atoms with Crippen LogP contribution >= 0.6 is 15.9 Å². The Morgan fingerprint density at radius 3 is 2.84 bits per heavy atom. The van der Waals surface area contributed by atoms with Gasteiger partial charge in [-0.05, 0) is 55.5 Å². The molecule has 6 rings (SSSR count). The van der Waals surface area contributed by atoms with Gasteiger partial charge in [-0.15, -0.1) is 0 Å². The van der Waals surface area contributed by atoms with Crippen molar-refractivity contribution in [2.75, 3.05) is 0 Å². The Morgan fingerprint density at radius 1 is 1.19 bits per heavy atom. The van der Waals surface area contributed by atoms with Gasteiger partial charge in [0, 0.05) is 32.6 Å². The van der Waals surface area contributed by atoms with Crippen molar-refractivity contribution in [3.05, 3.63) is 87.7 Å². The Balaban J connectivity index is 1.61. The van der Waals surface area contributed by atoms with Gasteiger partial charge in [0.15, 0.2) is 0 Å². The lowest BCUT2D eigenvalue weighted by atomic mass is 9.57. The number of imidazole rings is 1. The smallest absolute Gasteiger partial charge is 0.145 e. The molecule has 0 saturated carbocycles. The Hall–Kier alpha value is -2.73. The number of hydrogen-bond acceptors (Lipinski definition) is 3. The number of rotatable bonds is 2. The Kier molecular flexibility index (Phi) is 4.44. The lowest BCUT2D eigenvalue weighted by Crippen LogP contribution is -2.44. The lowest BCUT2D eigenvalue weighted by molar-refractivity contribution is 0.171. The molecule has 0 fully saturated rings. The molecule has 2 aliphatic rings. The molecule has 4 nitrogen and oxygen atoms in total. The van der Waals surface area contributed by atoms with E-state index in [0.717, 1.165) is 52.3 Å². The average Bonchev–Trinajstić information content (AvgIpc) is 3.39. The maximum atomic E-state index is 14.3. The molecular weight excluding hydrogens is 469 g/mol. The van der Waals surface area contributed by atoms with Crippen LogP contribution in [0.5, 0.6) is 0 Å². The van der Waals surface area contributed by atoms with Crippen molar-refractivity contribution in [3.63, 3.8) is 0 Å². The second-order valence-corrected chi connectivity index (χ2v) is 10.2. The molecule has 0 radical (unpaired) electrons. The zero-order valence-corrected chi connectivity index (χ0v) is 19.6. The predicted molar refractivity (Wildman–Crippen MR) is 124 cm³/mol. The standard InChI is InChI=1S/C26H23BrFN3O/c1-15-21-9-10-22-24(26(21,2)13-17-14-29-32-23(15)17)30-25(16-5-3-6-18(27)11-16)31(22)20-8-4-7-19(28)12-20/h3-8,11-12,14-15,21H,9-10,13H2,1-2H3/t15-,21-,26-/m1/s1. The van der Waals surface area contributed by atoms with Crippen LogP contribution in [-0.2, 0) is 18.3 Å². The van der Waals surface area contributed by atoms with Crippen molar-refractivity contribution in [2.24, 2.45) is 5.92 Å². The highest BCUT2D eigenvalue weighted by atomic mass is 79.9. The van der Waals surface area contributed by atoms with E-state index in [2.05, 4.69) is 51.6 Å². The molecule has 0 saturated heterocycles. The number of nitrogens with zero attached hydrogens (tertiary/aromatic N) is 3. The number of aromatic nitrogens is 3. The topological polar surface area (TPSA) is 43.9 Å². The highest BCUT2D eigenvalue weighted by Crippen LogP contribution is 2.54. The maximum Gasteiger partial charge on any atom is 0.145 e. The van der Waals surface area contributed by atoms with Crippen molar-refractivity contribution >= 4 is 15.9 Å². The molecule has 6 heteroatoms. The second-order valence-electron chi connectivity index (χ2n) is 9.30. The van der Waals surface area contributed by atoms with E-state index in [4.69, 9.17) is 9.51 Å². The van der Waals surface area contributed by atoms with Crippen LogP contribution in [0.25, 0.3) is 17.1 Å². The van der Waals surface area contributed by atoms with E-state index >= 15 is 0 Å². The molecule has 2 heterocycles. The molecular formula is C26H23BrFN3O. The molecule has 2 aromatic carbocycles. The summed E-state index contributed by atoms with van der Waals surface area (Å²) in [6.45, 7) is 4.57. The van der Waals surface area contributed by atoms with Crippen molar-refractivity contribution in [1.82, 2.24) is 14.7 Å². The molecule has 162 valence electrons. The molecule has 4 aromatic rings. The van der Waals surface area contributed by atoms with Gasteiger partial charge in [0.05, 0.1) is 17.6 Å². The molecule has 0 spiro atoms. The van der Waals surface area contributed by atoms with Gasteiger partial charge in [0.25, 0.3) is 0 Å². The summed E-state index contributed by atoms with van der Waals surface area (Å²) >= 11 is 3.60. The minimum absolute atomic E-state index is 0.134. The van der Waals surface area contributed by atoms with Crippen LogP contribution in [-0.4, -0.2) is 14.7 Å². The number of hydrogen-bond donors (Lipinski definition) is 0.